The topological polar surface area (TPSA) is 95.3 Å². The Balaban J connectivity index is 2.96. The average Bonchev–Trinajstić information content (AvgIpc) is 2.08. The molecule has 1 aromatic rings. The normalized spacial score (nSPS) is 10.2. The Morgan fingerprint density at radius 3 is 2.64 bits per heavy atom. The Labute approximate surface area is 80.6 Å². The second-order valence-electron chi connectivity index (χ2n) is 3.02. The van der Waals surface area contributed by atoms with E-state index in [9.17, 15) is 9.90 Å². The van der Waals surface area contributed by atoms with E-state index in [0.717, 1.165) is 6.33 Å². The quantitative estimate of drug-likeness (QED) is 0.621. The highest BCUT2D eigenvalue weighted by Crippen LogP contribution is 2.23. The molecule has 6 heteroatoms. The fourth-order valence-corrected chi connectivity index (χ4v) is 0.866. The smallest absolute Gasteiger partial charge is 0.274 e. The number of amides is 1. The van der Waals surface area contributed by atoms with Crippen LogP contribution in [0.2, 0.25) is 0 Å². The summed E-state index contributed by atoms with van der Waals surface area (Å²) in [6.07, 6.45) is 1.00. The van der Waals surface area contributed by atoms with Crippen LogP contribution in [0.3, 0.4) is 0 Å². The summed E-state index contributed by atoms with van der Waals surface area (Å²) in [4.78, 5) is 18.2. The van der Waals surface area contributed by atoms with Gasteiger partial charge >= 0.3 is 0 Å². The molecule has 1 amide bonds. The minimum absolute atomic E-state index is 0.0704. The third-order valence-electron chi connectivity index (χ3n) is 1.44. The lowest BCUT2D eigenvalue weighted by Gasteiger charge is -2.08. The summed E-state index contributed by atoms with van der Waals surface area (Å²) < 4.78 is 0. The highest BCUT2D eigenvalue weighted by atomic mass is 16.3. The molecule has 0 aliphatic heterocycles. The van der Waals surface area contributed by atoms with E-state index in [1.165, 1.54) is 0 Å². The molecule has 0 fully saturated rings. The number of carbonyl (C=O) groups excluding carboxylic acids is 1. The Bertz CT molecular complexity index is 352. The first kappa shape index (κ1) is 10.2. The zero-order valence-corrected chi connectivity index (χ0v) is 7.85. The molecule has 1 rings (SSSR count). The van der Waals surface area contributed by atoms with Crippen LogP contribution in [0, 0.1) is 0 Å². The van der Waals surface area contributed by atoms with E-state index in [1.807, 2.05) is 0 Å². The van der Waals surface area contributed by atoms with Crippen LogP contribution in [-0.4, -0.2) is 32.1 Å². The van der Waals surface area contributed by atoms with E-state index in [4.69, 9.17) is 5.11 Å². The van der Waals surface area contributed by atoms with Gasteiger partial charge in [-0.3, -0.25) is 4.79 Å². The summed E-state index contributed by atoms with van der Waals surface area (Å²) in [5, 5.41) is 20.8. The van der Waals surface area contributed by atoms with Gasteiger partial charge in [-0.2, -0.15) is 4.98 Å². The number of carbonyl (C=O) groups is 1. The Morgan fingerprint density at radius 2 is 2.07 bits per heavy atom. The first-order valence-electron chi connectivity index (χ1n) is 4.06. The molecule has 0 aliphatic carbocycles. The molecule has 0 saturated heterocycles. The standard InChI is InChI=1S/C8H11N3O3/c1-4(2)11-7(13)5-6(12)8(14)10-3-9-5/h3-4,12H,1-2H3,(H,11,13)(H,9,10,14). The first-order chi connectivity index (χ1) is 6.52. The van der Waals surface area contributed by atoms with Crippen LogP contribution in [0.15, 0.2) is 6.33 Å². The molecule has 3 N–H and O–H groups in total. The van der Waals surface area contributed by atoms with Crippen LogP contribution in [0.4, 0.5) is 0 Å². The number of aromatic hydroxyl groups is 2. The molecule has 0 saturated carbocycles. The van der Waals surface area contributed by atoms with Gasteiger partial charge in [-0.05, 0) is 13.8 Å². The number of rotatable bonds is 2. The lowest BCUT2D eigenvalue weighted by atomic mass is 10.3. The maximum absolute atomic E-state index is 11.4. The van der Waals surface area contributed by atoms with Gasteiger partial charge < -0.3 is 15.5 Å². The van der Waals surface area contributed by atoms with Gasteiger partial charge in [-0.15, -0.1) is 0 Å². The second-order valence-corrected chi connectivity index (χ2v) is 3.02. The van der Waals surface area contributed by atoms with Gasteiger partial charge in [0.15, 0.2) is 5.69 Å². The van der Waals surface area contributed by atoms with E-state index >= 15 is 0 Å². The van der Waals surface area contributed by atoms with Crippen molar-refractivity contribution in [3.8, 4) is 11.6 Å². The molecule has 0 bridgehead atoms. The average molecular weight is 197 g/mol. The van der Waals surface area contributed by atoms with Crippen LogP contribution >= 0.6 is 0 Å². The summed E-state index contributed by atoms with van der Waals surface area (Å²) in [6.45, 7) is 3.55. The fourth-order valence-electron chi connectivity index (χ4n) is 0.866. The molecule has 6 nitrogen and oxygen atoms in total. The fraction of sp³-hybridized carbons (Fsp3) is 0.375. The molecule has 0 aromatic carbocycles. The molecule has 14 heavy (non-hydrogen) atoms. The lowest BCUT2D eigenvalue weighted by Crippen LogP contribution is -2.30. The SMILES string of the molecule is CC(C)NC(=O)c1ncnc(O)c1O. The molecule has 0 unspecified atom stereocenters. The van der Waals surface area contributed by atoms with Crippen molar-refractivity contribution in [2.45, 2.75) is 19.9 Å². The molecule has 0 aliphatic rings. The maximum atomic E-state index is 11.4. The Hall–Kier alpha value is -1.85. The monoisotopic (exact) mass is 197 g/mol. The molecule has 0 atom stereocenters. The van der Waals surface area contributed by atoms with Crippen LogP contribution in [0.1, 0.15) is 24.3 Å². The number of nitrogens with zero attached hydrogens (tertiary/aromatic N) is 2. The minimum atomic E-state index is -0.606. The molecule has 1 heterocycles. The van der Waals surface area contributed by atoms with Crippen molar-refractivity contribution < 1.29 is 15.0 Å². The third-order valence-corrected chi connectivity index (χ3v) is 1.44. The number of hydrogen-bond acceptors (Lipinski definition) is 5. The lowest BCUT2D eigenvalue weighted by molar-refractivity contribution is 0.0934. The molecular weight excluding hydrogens is 186 g/mol. The van der Waals surface area contributed by atoms with E-state index < -0.39 is 17.5 Å². The van der Waals surface area contributed by atoms with Gasteiger partial charge in [-0.25, -0.2) is 4.98 Å². The van der Waals surface area contributed by atoms with Crippen LogP contribution in [0.5, 0.6) is 11.6 Å². The van der Waals surface area contributed by atoms with Crippen molar-refractivity contribution in [1.82, 2.24) is 15.3 Å². The number of nitrogens with one attached hydrogen (secondary N) is 1. The summed E-state index contributed by atoms with van der Waals surface area (Å²) in [6, 6.07) is -0.0704. The zero-order chi connectivity index (χ0) is 10.7. The second kappa shape index (κ2) is 3.91. The predicted octanol–water partition coefficient (Wildman–Crippen LogP) is 0.0260. The first-order valence-corrected chi connectivity index (χ1v) is 4.06. The van der Waals surface area contributed by atoms with Gasteiger partial charge in [0.05, 0.1) is 0 Å². The van der Waals surface area contributed by atoms with Crippen LogP contribution < -0.4 is 5.32 Å². The molecule has 0 spiro atoms. The van der Waals surface area contributed by atoms with Crippen molar-refractivity contribution in [2.75, 3.05) is 0 Å². The number of aromatic nitrogens is 2. The summed E-state index contributed by atoms with van der Waals surface area (Å²) in [5.74, 6) is -1.75. The zero-order valence-electron chi connectivity index (χ0n) is 7.85. The third kappa shape index (κ3) is 2.09. The Kier molecular flexibility index (Phi) is 2.85. The maximum Gasteiger partial charge on any atom is 0.274 e. The van der Waals surface area contributed by atoms with Crippen LogP contribution in [-0.2, 0) is 0 Å². The number of hydrogen-bond donors (Lipinski definition) is 3. The predicted molar refractivity (Wildman–Crippen MR) is 48.0 cm³/mol. The van der Waals surface area contributed by atoms with Gasteiger partial charge in [-0.1, -0.05) is 0 Å². The van der Waals surface area contributed by atoms with E-state index in [1.54, 1.807) is 13.8 Å². The van der Waals surface area contributed by atoms with Crippen molar-refractivity contribution in [2.24, 2.45) is 0 Å². The van der Waals surface area contributed by atoms with Crippen molar-refractivity contribution in [3.63, 3.8) is 0 Å². The van der Waals surface area contributed by atoms with Crippen LogP contribution in [0.25, 0.3) is 0 Å². The summed E-state index contributed by atoms with van der Waals surface area (Å²) >= 11 is 0. The van der Waals surface area contributed by atoms with Gasteiger partial charge in [0.1, 0.15) is 6.33 Å². The summed E-state index contributed by atoms with van der Waals surface area (Å²) in [5.41, 5.74) is -0.230. The van der Waals surface area contributed by atoms with Gasteiger partial charge in [0.25, 0.3) is 11.8 Å². The van der Waals surface area contributed by atoms with Crippen molar-refractivity contribution in [1.29, 1.82) is 0 Å². The van der Waals surface area contributed by atoms with E-state index in [-0.39, 0.29) is 11.7 Å². The van der Waals surface area contributed by atoms with Gasteiger partial charge in [0.2, 0.25) is 5.75 Å². The molecule has 1 aromatic heterocycles. The minimum Gasteiger partial charge on any atom is -0.501 e. The highest BCUT2D eigenvalue weighted by Gasteiger charge is 2.16. The van der Waals surface area contributed by atoms with E-state index in [2.05, 4.69) is 15.3 Å². The molecule has 76 valence electrons. The largest absolute Gasteiger partial charge is 0.501 e. The van der Waals surface area contributed by atoms with E-state index in [0.29, 0.717) is 0 Å². The van der Waals surface area contributed by atoms with Gasteiger partial charge in [0, 0.05) is 6.04 Å². The molecule has 0 radical (unpaired) electrons. The summed E-state index contributed by atoms with van der Waals surface area (Å²) in [7, 11) is 0. The Morgan fingerprint density at radius 1 is 1.43 bits per heavy atom. The van der Waals surface area contributed by atoms with Crippen molar-refractivity contribution >= 4 is 5.91 Å². The van der Waals surface area contributed by atoms with Crippen molar-refractivity contribution in [3.05, 3.63) is 12.0 Å². The highest BCUT2D eigenvalue weighted by molar-refractivity contribution is 5.95. The molecular formula is C8H11N3O3.